The van der Waals surface area contributed by atoms with Gasteiger partial charge < -0.3 is 0 Å². The van der Waals surface area contributed by atoms with E-state index in [0.29, 0.717) is 0 Å². The van der Waals surface area contributed by atoms with Crippen LogP contribution in [0.15, 0.2) is 127 Å². The van der Waals surface area contributed by atoms with Crippen LogP contribution in [0.5, 0.6) is 0 Å². The summed E-state index contributed by atoms with van der Waals surface area (Å²) in [5.41, 5.74) is 7.97. The molecular formula is C35H29P. The van der Waals surface area contributed by atoms with Crippen LogP contribution in [0.25, 0.3) is 43.8 Å². The fourth-order valence-electron chi connectivity index (χ4n) is 5.34. The fraction of sp³-hybridized carbons (Fsp3) is 0.0857. The van der Waals surface area contributed by atoms with Crippen LogP contribution in [0.2, 0.25) is 0 Å². The minimum absolute atomic E-state index is 1.10. The highest BCUT2D eigenvalue weighted by Gasteiger charge is 2.16. The van der Waals surface area contributed by atoms with E-state index < -0.39 is 0 Å². The van der Waals surface area contributed by atoms with Crippen molar-refractivity contribution in [1.82, 2.24) is 0 Å². The lowest BCUT2D eigenvalue weighted by atomic mass is 9.87. The van der Waals surface area contributed by atoms with Gasteiger partial charge >= 0.3 is 0 Å². The van der Waals surface area contributed by atoms with Crippen molar-refractivity contribution in [1.29, 1.82) is 0 Å². The lowest BCUT2D eigenvalue weighted by Gasteiger charge is -2.18. The molecule has 1 unspecified atom stereocenters. The number of fused-ring (bicyclic) bond motifs is 2. The third-order valence-electron chi connectivity index (χ3n) is 7.18. The Morgan fingerprint density at radius 3 is 1.69 bits per heavy atom. The summed E-state index contributed by atoms with van der Waals surface area (Å²) >= 11 is 0. The van der Waals surface area contributed by atoms with E-state index in [9.17, 15) is 0 Å². The lowest BCUT2D eigenvalue weighted by Crippen LogP contribution is -2.00. The van der Waals surface area contributed by atoms with Crippen LogP contribution in [-0.2, 0) is 12.8 Å². The zero-order valence-electron chi connectivity index (χ0n) is 20.3. The van der Waals surface area contributed by atoms with Crippen molar-refractivity contribution in [2.75, 3.05) is 0 Å². The molecular weight excluding hydrogens is 451 g/mol. The molecule has 0 N–H and O–H groups in total. The van der Waals surface area contributed by atoms with E-state index in [2.05, 4.69) is 137 Å². The van der Waals surface area contributed by atoms with Gasteiger partial charge in [0, 0.05) is 0 Å². The number of benzene rings is 6. The molecule has 0 bridgehead atoms. The third-order valence-corrected chi connectivity index (χ3v) is 7.66. The predicted molar refractivity (Wildman–Crippen MR) is 160 cm³/mol. The Kier molecular flexibility index (Phi) is 6.37. The molecule has 0 spiro atoms. The van der Waals surface area contributed by atoms with Gasteiger partial charge in [-0.1, -0.05) is 127 Å². The molecule has 6 aromatic rings. The number of aryl methyl sites for hydroxylation is 2. The first kappa shape index (κ1) is 22.7. The molecule has 0 radical (unpaired) electrons. The molecule has 174 valence electrons. The van der Waals surface area contributed by atoms with E-state index in [1.807, 2.05) is 0 Å². The summed E-state index contributed by atoms with van der Waals surface area (Å²) in [5.74, 6) is 0. The van der Waals surface area contributed by atoms with Crippen molar-refractivity contribution in [3.05, 3.63) is 139 Å². The summed E-state index contributed by atoms with van der Waals surface area (Å²) in [5, 5.41) is 6.35. The molecule has 0 saturated carbocycles. The molecule has 1 heteroatoms. The van der Waals surface area contributed by atoms with Gasteiger partial charge in [0.2, 0.25) is 0 Å². The van der Waals surface area contributed by atoms with Crippen LogP contribution in [-0.4, -0.2) is 0 Å². The Morgan fingerprint density at radius 2 is 1.00 bits per heavy atom. The van der Waals surface area contributed by atoms with Crippen LogP contribution >= 0.6 is 9.24 Å². The number of hydrogen-bond acceptors (Lipinski definition) is 0. The second-order valence-corrected chi connectivity index (χ2v) is 10.1. The van der Waals surface area contributed by atoms with E-state index >= 15 is 0 Å². The summed E-state index contributed by atoms with van der Waals surface area (Å²) in [6.45, 7) is 0. The molecule has 0 nitrogen and oxygen atoms in total. The van der Waals surface area contributed by atoms with Crippen molar-refractivity contribution >= 4 is 36.1 Å². The van der Waals surface area contributed by atoms with Crippen molar-refractivity contribution < 1.29 is 0 Å². The number of rotatable bonds is 6. The van der Waals surface area contributed by atoms with E-state index in [4.69, 9.17) is 0 Å². The van der Waals surface area contributed by atoms with Gasteiger partial charge in [0.1, 0.15) is 0 Å². The fourth-order valence-corrected chi connectivity index (χ4v) is 5.74. The van der Waals surface area contributed by atoms with Crippen molar-refractivity contribution in [3.63, 3.8) is 0 Å². The molecule has 0 saturated heterocycles. The molecule has 0 aromatic heterocycles. The van der Waals surface area contributed by atoms with Crippen LogP contribution in [0.1, 0.15) is 17.5 Å². The number of hydrogen-bond donors (Lipinski definition) is 0. The van der Waals surface area contributed by atoms with E-state index in [0.717, 1.165) is 19.3 Å². The molecule has 1 atom stereocenters. The first-order valence-corrected chi connectivity index (χ1v) is 13.3. The van der Waals surface area contributed by atoms with Crippen LogP contribution in [0.3, 0.4) is 0 Å². The summed E-state index contributed by atoms with van der Waals surface area (Å²) < 4.78 is 0. The average Bonchev–Trinajstić information content (AvgIpc) is 2.94. The van der Waals surface area contributed by atoms with Crippen molar-refractivity contribution in [3.8, 4) is 22.3 Å². The highest BCUT2D eigenvalue weighted by atomic mass is 31.0. The Bertz CT molecular complexity index is 1650. The summed E-state index contributed by atoms with van der Waals surface area (Å²) in [4.78, 5) is 0. The van der Waals surface area contributed by atoms with E-state index in [1.54, 1.807) is 0 Å². The van der Waals surface area contributed by atoms with E-state index in [1.165, 1.54) is 60.2 Å². The summed E-state index contributed by atoms with van der Waals surface area (Å²) in [6.07, 6.45) is 3.38. The second-order valence-electron chi connectivity index (χ2n) is 9.50. The highest BCUT2D eigenvalue weighted by Crippen LogP contribution is 2.41. The molecule has 0 heterocycles. The molecule has 0 fully saturated rings. The molecule has 0 aliphatic heterocycles. The minimum Gasteiger partial charge on any atom is -0.105 e. The lowest BCUT2D eigenvalue weighted by molar-refractivity contribution is 0.821. The monoisotopic (exact) mass is 480 g/mol. The molecule has 6 rings (SSSR count). The highest BCUT2D eigenvalue weighted by molar-refractivity contribution is 7.28. The topological polar surface area (TPSA) is 0 Å². The van der Waals surface area contributed by atoms with Crippen LogP contribution in [0, 0.1) is 0 Å². The zero-order valence-corrected chi connectivity index (χ0v) is 21.5. The maximum absolute atomic E-state index is 2.98. The molecule has 0 aliphatic carbocycles. The smallest absolute Gasteiger partial charge is 0.00143 e. The van der Waals surface area contributed by atoms with Crippen LogP contribution < -0.4 is 5.30 Å². The maximum Gasteiger partial charge on any atom is -0.00143 e. The zero-order chi connectivity index (χ0) is 24.3. The molecule has 6 aromatic carbocycles. The Morgan fingerprint density at radius 1 is 0.444 bits per heavy atom. The van der Waals surface area contributed by atoms with Gasteiger partial charge in [-0.05, 0) is 79.5 Å². The van der Waals surface area contributed by atoms with Crippen molar-refractivity contribution in [2.45, 2.75) is 19.3 Å². The van der Waals surface area contributed by atoms with Gasteiger partial charge in [-0.25, -0.2) is 0 Å². The van der Waals surface area contributed by atoms with Gasteiger partial charge in [0.05, 0.1) is 0 Å². The maximum atomic E-state index is 2.98. The Balaban J connectivity index is 1.41. The summed E-state index contributed by atoms with van der Waals surface area (Å²) in [6, 6.07) is 46.5. The van der Waals surface area contributed by atoms with Gasteiger partial charge in [-0.15, -0.1) is 9.24 Å². The predicted octanol–water partition coefficient (Wildman–Crippen LogP) is 9.00. The quantitative estimate of drug-likeness (QED) is 0.209. The van der Waals surface area contributed by atoms with Crippen molar-refractivity contribution in [2.24, 2.45) is 0 Å². The van der Waals surface area contributed by atoms with Gasteiger partial charge in [0.25, 0.3) is 0 Å². The first-order chi connectivity index (χ1) is 17.8. The third kappa shape index (κ3) is 4.46. The Hall–Kier alpha value is -3.73. The minimum atomic E-state index is 1.10. The van der Waals surface area contributed by atoms with Gasteiger partial charge in [0.15, 0.2) is 0 Å². The van der Waals surface area contributed by atoms with E-state index in [-0.39, 0.29) is 0 Å². The largest absolute Gasteiger partial charge is 0.105 e. The second kappa shape index (κ2) is 10.1. The molecule has 0 aliphatic rings. The van der Waals surface area contributed by atoms with Gasteiger partial charge in [-0.3, -0.25) is 0 Å². The van der Waals surface area contributed by atoms with Crippen LogP contribution in [0.4, 0.5) is 0 Å². The normalized spacial score (nSPS) is 11.2. The first-order valence-electron chi connectivity index (χ1n) is 12.7. The molecule has 36 heavy (non-hydrogen) atoms. The average molecular weight is 481 g/mol. The standard InChI is InChI=1S/C35H29P/c36-33-24-22-28-14-5-7-16-31(28)35(33)34-30-15-6-4-13-27(30)21-23-32(34)29-19-17-26(18-20-29)12-8-11-25-9-2-1-3-10-25/h1-7,9-10,13-24H,8,11-12,36H2. The van der Waals surface area contributed by atoms with Gasteiger partial charge in [-0.2, -0.15) is 0 Å². The SMILES string of the molecule is Pc1ccc2ccccc2c1-c1c(-c2ccc(CCCc3ccccc3)cc2)ccc2ccccc12. The molecule has 0 amide bonds. The Labute approximate surface area is 215 Å². The summed E-state index contributed by atoms with van der Waals surface area (Å²) in [7, 11) is 2.98.